The molecule has 0 bridgehead atoms. The molecule has 9 heteroatoms. The number of carbonyl (C=O) groups is 2. The highest BCUT2D eigenvalue weighted by molar-refractivity contribution is 7.46. The molecule has 0 aliphatic carbocycles. The van der Waals surface area contributed by atoms with Crippen molar-refractivity contribution < 1.29 is 37.9 Å². The van der Waals surface area contributed by atoms with Crippen molar-refractivity contribution in [2.45, 2.75) is 148 Å². The third-order valence-corrected chi connectivity index (χ3v) is 7.48. The van der Waals surface area contributed by atoms with Gasteiger partial charge in [0.05, 0.1) is 6.61 Å². The maximum Gasteiger partial charge on any atom is 0.469 e. The Morgan fingerprint density at radius 3 is 1.59 bits per heavy atom. The fourth-order valence-corrected chi connectivity index (χ4v) is 4.70. The van der Waals surface area contributed by atoms with E-state index in [4.69, 9.17) is 19.3 Å². The van der Waals surface area contributed by atoms with Crippen molar-refractivity contribution in [2.75, 3.05) is 13.2 Å². The smallest absolute Gasteiger partial charge is 0.462 e. The predicted octanol–water partition coefficient (Wildman–Crippen LogP) is 10.2. The van der Waals surface area contributed by atoms with Gasteiger partial charge in [-0.25, -0.2) is 4.57 Å². The summed E-state index contributed by atoms with van der Waals surface area (Å²) in [6, 6.07) is 0. The van der Waals surface area contributed by atoms with Gasteiger partial charge in [-0.15, -0.1) is 0 Å². The number of unbranched alkanes of at least 4 members (excludes halogenated alkanes) is 11. The third kappa shape index (κ3) is 34.6. The first-order chi connectivity index (χ1) is 22.3. The third-order valence-electron chi connectivity index (χ3n) is 6.99. The molecule has 0 aromatic rings. The number of hydrogen-bond donors (Lipinski definition) is 2. The molecule has 0 radical (unpaired) electrons. The summed E-state index contributed by atoms with van der Waals surface area (Å²) in [6.07, 6.45) is 39.4. The lowest BCUT2D eigenvalue weighted by Gasteiger charge is -2.18. The molecule has 0 rings (SSSR count). The number of phosphoric ester groups is 1. The van der Waals surface area contributed by atoms with Crippen LogP contribution in [0.3, 0.4) is 0 Å². The largest absolute Gasteiger partial charge is 0.469 e. The van der Waals surface area contributed by atoms with Gasteiger partial charge in [0.15, 0.2) is 6.10 Å². The molecule has 0 amide bonds. The van der Waals surface area contributed by atoms with E-state index in [0.29, 0.717) is 12.8 Å². The summed E-state index contributed by atoms with van der Waals surface area (Å²) in [4.78, 5) is 42.5. The second-order valence-corrected chi connectivity index (χ2v) is 12.7. The summed E-state index contributed by atoms with van der Waals surface area (Å²) in [6.45, 7) is 3.51. The molecule has 0 saturated carbocycles. The summed E-state index contributed by atoms with van der Waals surface area (Å²) in [5, 5.41) is 0. The van der Waals surface area contributed by atoms with Crippen molar-refractivity contribution in [1.29, 1.82) is 0 Å². The molecule has 0 spiro atoms. The lowest BCUT2D eigenvalue weighted by molar-refractivity contribution is -0.161. The molecule has 0 fully saturated rings. The fraction of sp³-hybridized carbons (Fsp3) is 0.676. The standard InChI is InChI=1S/C37H63O8P/c1-3-5-7-9-11-13-15-16-17-18-19-20-22-23-25-27-29-31-36(38)43-33-35(34-44-46(40,41)42)45-37(39)32-30-28-26-24-21-14-12-10-8-6-4-2/h7,9-10,12-13,15,17-18,20,22,35H,3-6,8,11,14,16,19,21,23-34H2,1-2H3,(H2,40,41,42)/b9-7+,12-10+,15-13+,18-17+,22-20+/t35-/m1/s1. The first-order valence-corrected chi connectivity index (χ1v) is 19.1. The minimum atomic E-state index is -4.76. The molecular weight excluding hydrogens is 603 g/mol. The SMILES string of the molecule is CCC/C=C/C/C=C/C/C=C/C/C=C/CCCCCC(=O)OC[C@H](COP(=O)(O)O)OC(=O)CCCCCCC/C=C/CCCC. The van der Waals surface area contributed by atoms with Gasteiger partial charge in [0.1, 0.15) is 6.61 Å². The fourth-order valence-electron chi connectivity index (χ4n) is 4.34. The van der Waals surface area contributed by atoms with Gasteiger partial charge in [0.25, 0.3) is 0 Å². The number of ether oxygens (including phenoxy) is 2. The molecule has 0 heterocycles. The van der Waals surface area contributed by atoms with Gasteiger partial charge < -0.3 is 19.3 Å². The van der Waals surface area contributed by atoms with Crippen LogP contribution < -0.4 is 0 Å². The van der Waals surface area contributed by atoms with E-state index in [-0.39, 0.29) is 19.4 Å². The first-order valence-electron chi connectivity index (χ1n) is 17.6. The van der Waals surface area contributed by atoms with Crippen molar-refractivity contribution in [1.82, 2.24) is 0 Å². The minimum Gasteiger partial charge on any atom is -0.462 e. The van der Waals surface area contributed by atoms with E-state index >= 15 is 0 Å². The maximum atomic E-state index is 12.3. The van der Waals surface area contributed by atoms with E-state index < -0.39 is 32.5 Å². The lowest BCUT2D eigenvalue weighted by atomic mass is 10.1. The van der Waals surface area contributed by atoms with Crippen LogP contribution in [0.15, 0.2) is 60.8 Å². The Balaban J connectivity index is 4.08. The Bertz CT molecular complexity index is 932. The highest BCUT2D eigenvalue weighted by atomic mass is 31.2. The zero-order valence-corrected chi connectivity index (χ0v) is 29.6. The van der Waals surface area contributed by atoms with Crippen molar-refractivity contribution in [3.8, 4) is 0 Å². The second kappa shape index (κ2) is 32.7. The van der Waals surface area contributed by atoms with Crippen LogP contribution in [0, 0.1) is 0 Å². The number of allylic oxidation sites excluding steroid dienone is 10. The lowest BCUT2D eigenvalue weighted by Crippen LogP contribution is -2.29. The van der Waals surface area contributed by atoms with E-state index in [1.807, 2.05) is 0 Å². The number of hydrogen-bond acceptors (Lipinski definition) is 6. The predicted molar refractivity (Wildman–Crippen MR) is 188 cm³/mol. The second-order valence-electron chi connectivity index (χ2n) is 11.5. The van der Waals surface area contributed by atoms with Gasteiger partial charge in [0.2, 0.25) is 0 Å². The van der Waals surface area contributed by atoms with E-state index in [1.54, 1.807) is 0 Å². The molecule has 2 N–H and O–H groups in total. The Hall–Kier alpha value is -2.25. The van der Waals surface area contributed by atoms with Gasteiger partial charge in [-0.1, -0.05) is 120 Å². The molecule has 0 aliphatic heterocycles. The van der Waals surface area contributed by atoms with Crippen LogP contribution in [0.4, 0.5) is 0 Å². The molecule has 0 aliphatic rings. The Morgan fingerprint density at radius 2 is 1.02 bits per heavy atom. The van der Waals surface area contributed by atoms with Crippen molar-refractivity contribution in [3.63, 3.8) is 0 Å². The summed E-state index contributed by atoms with van der Waals surface area (Å²) >= 11 is 0. The molecule has 0 unspecified atom stereocenters. The molecular formula is C37H63O8P. The molecule has 0 aromatic heterocycles. The van der Waals surface area contributed by atoms with E-state index in [0.717, 1.165) is 83.5 Å². The van der Waals surface area contributed by atoms with Crippen LogP contribution >= 0.6 is 7.82 Å². The van der Waals surface area contributed by atoms with Gasteiger partial charge in [-0.2, -0.15) is 0 Å². The highest BCUT2D eigenvalue weighted by Crippen LogP contribution is 2.35. The van der Waals surface area contributed by atoms with Gasteiger partial charge in [-0.05, 0) is 70.6 Å². The molecule has 1 atom stereocenters. The summed E-state index contributed by atoms with van der Waals surface area (Å²) in [5.41, 5.74) is 0. The number of rotatable bonds is 31. The average molecular weight is 667 g/mol. The topological polar surface area (TPSA) is 119 Å². The zero-order chi connectivity index (χ0) is 34.0. The molecule has 0 saturated heterocycles. The molecule has 264 valence electrons. The van der Waals surface area contributed by atoms with E-state index in [1.165, 1.54) is 19.3 Å². The highest BCUT2D eigenvalue weighted by Gasteiger charge is 2.22. The molecule has 8 nitrogen and oxygen atoms in total. The minimum absolute atomic E-state index is 0.191. The van der Waals surface area contributed by atoms with Crippen LogP contribution in [-0.4, -0.2) is 41.0 Å². The quantitative estimate of drug-likeness (QED) is 0.0325. The van der Waals surface area contributed by atoms with Crippen LogP contribution in [0.2, 0.25) is 0 Å². The average Bonchev–Trinajstić information content (AvgIpc) is 3.02. The molecule has 46 heavy (non-hydrogen) atoms. The summed E-state index contributed by atoms with van der Waals surface area (Å²) < 4.78 is 26.2. The summed E-state index contributed by atoms with van der Waals surface area (Å²) in [5.74, 6) is -0.940. The van der Waals surface area contributed by atoms with Gasteiger partial charge >= 0.3 is 19.8 Å². The van der Waals surface area contributed by atoms with Crippen molar-refractivity contribution in [2.24, 2.45) is 0 Å². The number of phosphoric acid groups is 1. The summed E-state index contributed by atoms with van der Waals surface area (Å²) in [7, 11) is -4.76. The first kappa shape index (κ1) is 43.8. The maximum absolute atomic E-state index is 12.3. The van der Waals surface area contributed by atoms with Crippen LogP contribution in [0.1, 0.15) is 142 Å². The monoisotopic (exact) mass is 666 g/mol. The Morgan fingerprint density at radius 1 is 0.565 bits per heavy atom. The normalized spacial score (nSPS) is 13.2. The number of esters is 2. The van der Waals surface area contributed by atoms with Crippen LogP contribution in [-0.2, 0) is 28.2 Å². The van der Waals surface area contributed by atoms with Crippen molar-refractivity contribution in [3.05, 3.63) is 60.8 Å². The Kier molecular flexibility index (Phi) is 31.1. The van der Waals surface area contributed by atoms with E-state index in [9.17, 15) is 14.2 Å². The Labute approximate surface area is 279 Å². The van der Waals surface area contributed by atoms with Crippen LogP contribution in [0.25, 0.3) is 0 Å². The molecule has 0 aromatic carbocycles. The number of carbonyl (C=O) groups excluding carboxylic acids is 2. The zero-order valence-electron chi connectivity index (χ0n) is 28.7. The van der Waals surface area contributed by atoms with Crippen molar-refractivity contribution >= 4 is 19.8 Å². The van der Waals surface area contributed by atoms with E-state index in [2.05, 4.69) is 79.1 Å². The van der Waals surface area contributed by atoms with Crippen LogP contribution in [0.5, 0.6) is 0 Å². The van der Waals surface area contributed by atoms with Gasteiger partial charge in [0, 0.05) is 12.8 Å². The van der Waals surface area contributed by atoms with Gasteiger partial charge in [-0.3, -0.25) is 14.1 Å².